The Kier molecular flexibility index (Phi) is 4.43. The molecule has 0 aromatic heterocycles. The first-order valence-electron chi connectivity index (χ1n) is 7.09. The van der Waals surface area contributed by atoms with Crippen molar-refractivity contribution in [3.05, 3.63) is 59.7 Å². The van der Waals surface area contributed by atoms with Crippen LogP contribution in [0.25, 0.3) is 11.1 Å². The lowest BCUT2D eigenvalue weighted by Crippen LogP contribution is -2.48. The van der Waals surface area contributed by atoms with Crippen LogP contribution in [-0.4, -0.2) is 11.4 Å². The minimum atomic E-state index is -0.846. The monoisotopic (exact) mass is 282 g/mol. The number of carbonyl (C=O) groups excluding carboxylic acids is 1. The largest absolute Gasteiger partial charge is 0.350 e. The van der Waals surface area contributed by atoms with Gasteiger partial charge in [0.1, 0.15) is 0 Å². The van der Waals surface area contributed by atoms with Crippen LogP contribution >= 0.6 is 0 Å². The maximum Gasteiger partial charge on any atom is 0.239 e. The van der Waals surface area contributed by atoms with Gasteiger partial charge in [0.05, 0.1) is 5.54 Å². The molecule has 0 saturated carbocycles. The standard InChI is InChI=1S/C18H22N2O/c1-13-5-4-6-16(11-13)15-9-7-14(8-10-15)12-20-17(21)18(2,3)19/h4-11H,12,19H2,1-3H3,(H,20,21). The van der Waals surface area contributed by atoms with Gasteiger partial charge < -0.3 is 11.1 Å². The lowest BCUT2D eigenvalue weighted by molar-refractivity contribution is -0.125. The van der Waals surface area contributed by atoms with Crippen LogP contribution in [0.1, 0.15) is 25.0 Å². The predicted molar refractivity (Wildman–Crippen MR) is 86.7 cm³/mol. The summed E-state index contributed by atoms with van der Waals surface area (Å²) in [5, 5.41) is 2.84. The number of hydrogen-bond donors (Lipinski definition) is 2. The summed E-state index contributed by atoms with van der Waals surface area (Å²) in [7, 11) is 0. The van der Waals surface area contributed by atoms with Gasteiger partial charge in [-0.1, -0.05) is 54.1 Å². The molecule has 110 valence electrons. The molecule has 0 radical (unpaired) electrons. The molecule has 0 aliphatic carbocycles. The van der Waals surface area contributed by atoms with Gasteiger partial charge >= 0.3 is 0 Å². The Morgan fingerprint density at radius 1 is 1.10 bits per heavy atom. The summed E-state index contributed by atoms with van der Waals surface area (Å²) in [6.07, 6.45) is 0. The molecule has 1 amide bonds. The van der Waals surface area contributed by atoms with Gasteiger partial charge in [-0.3, -0.25) is 4.79 Å². The fraction of sp³-hybridized carbons (Fsp3) is 0.278. The molecule has 0 aliphatic rings. The van der Waals surface area contributed by atoms with Crippen LogP contribution in [0, 0.1) is 6.92 Å². The van der Waals surface area contributed by atoms with Crippen molar-refractivity contribution < 1.29 is 4.79 Å². The molecule has 3 N–H and O–H groups in total. The molecule has 0 bridgehead atoms. The smallest absolute Gasteiger partial charge is 0.239 e. The zero-order valence-electron chi connectivity index (χ0n) is 12.8. The van der Waals surface area contributed by atoms with E-state index in [9.17, 15) is 4.79 Å². The Labute approximate surface area is 126 Å². The lowest BCUT2D eigenvalue weighted by Gasteiger charge is -2.17. The SMILES string of the molecule is Cc1cccc(-c2ccc(CNC(=O)C(C)(C)N)cc2)c1. The van der Waals surface area contributed by atoms with Gasteiger partial charge in [-0.05, 0) is 37.5 Å². The van der Waals surface area contributed by atoms with Crippen molar-refractivity contribution in [3.8, 4) is 11.1 Å². The second-order valence-corrected chi connectivity index (χ2v) is 5.97. The minimum Gasteiger partial charge on any atom is -0.350 e. The van der Waals surface area contributed by atoms with Crippen molar-refractivity contribution in [1.29, 1.82) is 0 Å². The van der Waals surface area contributed by atoms with Gasteiger partial charge in [-0.15, -0.1) is 0 Å². The molecule has 0 fully saturated rings. The van der Waals surface area contributed by atoms with Crippen molar-refractivity contribution in [3.63, 3.8) is 0 Å². The van der Waals surface area contributed by atoms with E-state index < -0.39 is 5.54 Å². The second-order valence-electron chi connectivity index (χ2n) is 5.97. The highest BCUT2D eigenvalue weighted by Gasteiger charge is 2.20. The highest BCUT2D eigenvalue weighted by Crippen LogP contribution is 2.20. The molecule has 0 unspecified atom stereocenters. The Morgan fingerprint density at radius 2 is 1.76 bits per heavy atom. The van der Waals surface area contributed by atoms with Crippen LogP contribution in [-0.2, 0) is 11.3 Å². The summed E-state index contributed by atoms with van der Waals surface area (Å²) < 4.78 is 0. The highest BCUT2D eigenvalue weighted by atomic mass is 16.2. The summed E-state index contributed by atoms with van der Waals surface area (Å²) >= 11 is 0. The fourth-order valence-electron chi connectivity index (χ4n) is 2.05. The van der Waals surface area contributed by atoms with Crippen molar-refractivity contribution in [1.82, 2.24) is 5.32 Å². The quantitative estimate of drug-likeness (QED) is 0.905. The zero-order valence-corrected chi connectivity index (χ0v) is 12.8. The molecular formula is C18H22N2O. The molecule has 21 heavy (non-hydrogen) atoms. The van der Waals surface area contributed by atoms with Crippen LogP contribution in [0.15, 0.2) is 48.5 Å². The van der Waals surface area contributed by atoms with E-state index in [2.05, 4.69) is 48.6 Å². The Balaban J connectivity index is 2.04. The molecule has 0 spiro atoms. The molecule has 2 aromatic carbocycles. The first kappa shape index (κ1) is 15.3. The first-order valence-corrected chi connectivity index (χ1v) is 7.09. The minimum absolute atomic E-state index is 0.148. The summed E-state index contributed by atoms with van der Waals surface area (Å²) in [5.41, 5.74) is 9.58. The lowest BCUT2D eigenvalue weighted by atomic mass is 10.0. The van der Waals surface area contributed by atoms with Gasteiger partial charge in [-0.2, -0.15) is 0 Å². The molecule has 2 rings (SSSR count). The molecule has 2 aromatic rings. The summed E-state index contributed by atoms with van der Waals surface area (Å²) in [5.74, 6) is -0.148. The third-order valence-electron chi connectivity index (χ3n) is 3.34. The number of benzene rings is 2. The Morgan fingerprint density at radius 3 is 2.33 bits per heavy atom. The van der Waals surface area contributed by atoms with Gasteiger partial charge in [0, 0.05) is 6.54 Å². The van der Waals surface area contributed by atoms with Crippen molar-refractivity contribution in [2.75, 3.05) is 0 Å². The van der Waals surface area contributed by atoms with Gasteiger partial charge in [0.25, 0.3) is 0 Å². The summed E-state index contributed by atoms with van der Waals surface area (Å²) in [6.45, 7) is 5.97. The van der Waals surface area contributed by atoms with Gasteiger partial charge in [0.15, 0.2) is 0 Å². The van der Waals surface area contributed by atoms with E-state index in [1.165, 1.54) is 16.7 Å². The zero-order chi connectivity index (χ0) is 15.5. The van der Waals surface area contributed by atoms with E-state index in [0.29, 0.717) is 6.54 Å². The first-order chi connectivity index (χ1) is 9.86. The third kappa shape index (κ3) is 4.17. The molecule has 3 nitrogen and oxygen atoms in total. The van der Waals surface area contributed by atoms with Crippen LogP contribution in [0.4, 0.5) is 0 Å². The van der Waals surface area contributed by atoms with E-state index >= 15 is 0 Å². The van der Waals surface area contributed by atoms with Gasteiger partial charge in [-0.25, -0.2) is 0 Å². The summed E-state index contributed by atoms with van der Waals surface area (Å²) in [6, 6.07) is 16.6. The van der Waals surface area contributed by atoms with Gasteiger partial charge in [0.2, 0.25) is 5.91 Å². The molecular weight excluding hydrogens is 260 g/mol. The van der Waals surface area contributed by atoms with E-state index in [4.69, 9.17) is 5.73 Å². The van der Waals surface area contributed by atoms with E-state index in [1.807, 2.05) is 12.1 Å². The van der Waals surface area contributed by atoms with Crippen LogP contribution < -0.4 is 11.1 Å². The number of amides is 1. The Bertz CT molecular complexity index is 624. The third-order valence-corrected chi connectivity index (χ3v) is 3.34. The maximum atomic E-state index is 11.7. The molecule has 0 atom stereocenters. The molecule has 3 heteroatoms. The number of hydrogen-bond acceptors (Lipinski definition) is 2. The number of aryl methyl sites for hydroxylation is 1. The van der Waals surface area contributed by atoms with E-state index in [-0.39, 0.29) is 5.91 Å². The number of nitrogens with two attached hydrogens (primary N) is 1. The normalized spacial score (nSPS) is 11.2. The second kappa shape index (κ2) is 6.10. The predicted octanol–water partition coefficient (Wildman–Crippen LogP) is 3.02. The fourth-order valence-corrected chi connectivity index (χ4v) is 2.05. The van der Waals surface area contributed by atoms with E-state index in [1.54, 1.807) is 13.8 Å². The van der Waals surface area contributed by atoms with Crippen LogP contribution in [0.5, 0.6) is 0 Å². The number of rotatable bonds is 4. The Hall–Kier alpha value is -2.13. The average molecular weight is 282 g/mol. The average Bonchev–Trinajstić information content (AvgIpc) is 2.44. The van der Waals surface area contributed by atoms with Crippen molar-refractivity contribution >= 4 is 5.91 Å². The molecule has 0 saturated heterocycles. The highest BCUT2D eigenvalue weighted by molar-refractivity contribution is 5.85. The van der Waals surface area contributed by atoms with Crippen molar-refractivity contribution in [2.45, 2.75) is 32.9 Å². The summed E-state index contributed by atoms with van der Waals surface area (Å²) in [4.78, 5) is 11.7. The topological polar surface area (TPSA) is 55.1 Å². The van der Waals surface area contributed by atoms with E-state index in [0.717, 1.165) is 5.56 Å². The van der Waals surface area contributed by atoms with Crippen LogP contribution in [0.3, 0.4) is 0 Å². The number of carbonyl (C=O) groups is 1. The maximum absolute atomic E-state index is 11.7. The molecule has 0 heterocycles. The van der Waals surface area contributed by atoms with Crippen molar-refractivity contribution in [2.24, 2.45) is 5.73 Å². The number of nitrogens with one attached hydrogen (secondary N) is 1. The molecule has 0 aliphatic heterocycles. The van der Waals surface area contributed by atoms with Crippen LogP contribution in [0.2, 0.25) is 0 Å².